The summed E-state index contributed by atoms with van der Waals surface area (Å²) in [7, 11) is 0. The second-order valence-corrected chi connectivity index (χ2v) is 7.33. The Balaban J connectivity index is 1.84. The van der Waals surface area contributed by atoms with Crippen molar-refractivity contribution in [1.29, 1.82) is 0 Å². The molecule has 0 fully saturated rings. The molecule has 0 aliphatic rings. The Kier molecular flexibility index (Phi) is 4.38. The maximum absolute atomic E-state index is 12.7. The largest absolute Gasteiger partial charge is 0.483 e. The van der Waals surface area contributed by atoms with Crippen LogP contribution in [-0.2, 0) is 5.54 Å². The highest BCUT2D eigenvalue weighted by Crippen LogP contribution is 2.26. The minimum absolute atomic E-state index is 0.00409. The lowest BCUT2D eigenvalue weighted by molar-refractivity contribution is 0.0921. The molecule has 0 saturated heterocycles. The number of aromatic nitrogens is 2. The van der Waals surface area contributed by atoms with Crippen LogP contribution in [0, 0.1) is 13.8 Å². The molecule has 0 aliphatic heterocycles. The van der Waals surface area contributed by atoms with Crippen LogP contribution in [-0.4, -0.2) is 21.9 Å². The summed E-state index contributed by atoms with van der Waals surface area (Å²) in [6.45, 7) is 10.4. The normalized spacial score (nSPS) is 11.7. The molecule has 0 aliphatic carbocycles. The van der Waals surface area contributed by atoms with Gasteiger partial charge in [0.05, 0.1) is 0 Å². The Bertz CT molecular complexity index is 927. The molecule has 1 aromatic carbocycles. The van der Waals surface area contributed by atoms with Crippen LogP contribution in [0.15, 0.2) is 42.6 Å². The molecule has 2 aromatic heterocycles. The fourth-order valence-electron chi connectivity index (χ4n) is 3.49. The van der Waals surface area contributed by atoms with Crippen molar-refractivity contribution in [1.82, 2.24) is 9.55 Å². The van der Waals surface area contributed by atoms with Gasteiger partial charge in [0.1, 0.15) is 11.3 Å². The molecule has 0 unspecified atom stereocenters. The molecule has 0 saturated carbocycles. The van der Waals surface area contributed by atoms with E-state index in [0.29, 0.717) is 5.75 Å². The van der Waals surface area contributed by atoms with Crippen LogP contribution in [0.4, 0.5) is 0 Å². The number of carbonyl (C=O) groups excluding carboxylic acids is 1. The number of fused-ring (bicyclic) bond motifs is 1. The smallest absolute Gasteiger partial charge is 0.202 e. The number of carbonyl (C=O) groups is 1. The summed E-state index contributed by atoms with van der Waals surface area (Å²) in [4.78, 5) is 17.1. The topological polar surface area (TPSA) is 44.1 Å². The summed E-state index contributed by atoms with van der Waals surface area (Å²) in [6, 6.07) is 11.6. The molecule has 2 heterocycles. The lowest BCUT2D eigenvalue weighted by Gasteiger charge is -2.25. The minimum atomic E-state index is -0.0624. The Morgan fingerprint density at radius 3 is 2.56 bits per heavy atom. The highest BCUT2D eigenvalue weighted by atomic mass is 16.5. The highest BCUT2D eigenvalue weighted by Gasteiger charge is 2.23. The van der Waals surface area contributed by atoms with Gasteiger partial charge >= 0.3 is 0 Å². The molecule has 0 radical (unpaired) electrons. The average molecular weight is 336 g/mol. The van der Waals surface area contributed by atoms with Gasteiger partial charge in [-0.25, -0.2) is 0 Å². The summed E-state index contributed by atoms with van der Waals surface area (Å²) >= 11 is 0. The van der Waals surface area contributed by atoms with E-state index in [-0.39, 0.29) is 17.9 Å². The molecule has 4 heteroatoms. The van der Waals surface area contributed by atoms with Crippen LogP contribution in [0.25, 0.3) is 10.9 Å². The molecule has 0 spiro atoms. The van der Waals surface area contributed by atoms with Crippen LogP contribution in [0.3, 0.4) is 0 Å². The summed E-state index contributed by atoms with van der Waals surface area (Å²) in [6.07, 6.45) is 1.73. The van der Waals surface area contributed by atoms with Crippen molar-refractivity contribution in [2.75, 3.05) is 6.61 Å². The van der Waals surface area contributed by atoms with E-state index in [4.69, 9.17) is 4.74 Å². The zero-order chi connectivity index (χ0) is 18.2. The van der Waals surface area contributed by atoms with E-state index in [1.54, 1.807) is 6.20 Å². The number of hydrogen-bond donors (Lipinski definition) is 0. The fourth-order valence-corrected chi connectivity index (χ4v) is 3.49. The van der Waals surface area contributed by atoms with Gasteiger partial charge in [0.25, 0.3) is 0 Å². The number of rotatable bonds is 4. The maximum Gasteiger partial charge on any atom is 0.202 e. The van der Waals surface area contributed by atoms with Gasteiger partial charge in [-0.05, 0) is 52.8 Å². The lowest BCUT2D eigenvalue weighted by Crippen LogP contribution is -2.24. The SMILES string of the molecule is Cc1cc(C(=O)COc2cccc3cccnc23)c(C)n1C(C)(C)C. The number of nitrogens with zero attached hydrogens (tertiary/aromatic N) is 2. The highest BCUT2D eigenvalue weighted by molar-refractivity contribution is 5.99. The summed E-state index contributed by atoms with van der Waals surface area (Å²) in [5.74, 6) is 0.618. The average Bonchev–Trinajstić information content (AvgIpc) is 2.87. The van der Waals surface area contributed by atoms with Gasteiger partial charge in [-0.15, -0.1) is 0 Å². The second kappa shape index (κ2) is 6.36. The van der Waals surface area contributed by atoms with Crippen LogP contribution in [0.2, 0.25) is 0 Å². The van der Waals surface area contributed by atoms with Crippen LogP contribution in [0.5, 0.6) is 5.75 Å². The first-order chi connectivity index (χ1) is 11.8. The monoisotopic (exact) mass is 336 g/mol. The van der Waals surface area contributed by atoms with Crippen molar-refractivity contribution >= 4 is 16.7 Å². The molecule has 3 rings (SSSR count). The molecule has 3 aromatic rings. The van der Waals surface area contributed by atoms with Crippen LogP contribution < -0.4 is 4.74 Å². The van der Waals surface area contributed by atoms with Crippen molar-refractivity contribution < 1.29 is 9.53 Å². The number of ether oxygens (including phenoxy) is 1. The van der Waals surface area contributed by atoms with Crippen molar-refractivity contribution in [2.24, 2.45) is 0 Å². The van der Waals surface area contributed by atoms with E-state index >= 15 is 0 Å². The lowest BCUT2D eigenvalue weighted by atomic mass is 10.1. The Hall–Kier alpha value is -2.62. The van der Waals surface area contributed by atoms with E-state index in [1.807, 2.05) is 50.2 Å². The number of benzene rings is 1. The molecular weight excluding hydrogens is 312 g/mol. The van der Waals surface area contributed by atoms with Crippen molar-refractivity contribution in [3.63, 3.8) is 0 Å². The predicted octanol–water partition coefficient (Wildman–Crippen LogP) is 4.67. The third kappa shape index (κ3) is 3.29. The molecular formula is C21H24N2O2. The van der Waals surface area contributed by atoms with E-state index in [2.05, 4.69) is 30.3 Å². The van der Waals surface area contributed by atoms with Gasteiger partial charge in [-0.1, -0.05) is 18.2 Å². The number of ketones is 1. The molecule has 25 heavy (non-hydrogen) atoms. The fraction of sp³-hybridized carbons (Fsp3) is 0.333. The number of Topliss-reactive ketones (excluding diaryl/α,β-unsaturated/α-hetero) is 1. The maximum atomic E-state index is 12.7. The molecule has 0 N–H and O–H groups in total. The first-order valence-corrected chi connectivity index (χ1v) is 8.48. The summed E-state index contributed by atoms with van der Waals surface area (Å²) in [5.41, 5.74) is 3.50. The number of hydrogen-bond acceptors (Lipinski definition) is 3. The van der Waals surface area contributed by atoms with Gasteiger partial charge in [-0.2, -0.15) is 0 Å². The molecule has 4 nitrogen and oxygen atoms in total. The van der Waals surface area contributed by atoms with E-state index in [0.717, 1.165) is 27.9 Å². The standard InChI is InChI=1S/C21H24N2O2/c1-14-12-17(15(2)23(14)21(3,4)5)18(24)13-25-19-10-6-8-16-9-7-11-22-20(16)19/h6-12H,13H2,1-5H3. The van der Waals surface area contributed by atoms with Crippen LogP contribution in [0.1, 0.15) is 42.5 Å². The Morgan fingerprint density at radius 2 is 1.88 bits per heavy atom. The van der Waals surface area contributed by atoms with Crippen LogP contribution >= 0.6 is 0 Å². The van der Waals surface area contributed by atoms with Crippen molar-refractivity contribution in [3.8, 4) is 5.75 Å². The Labute approximate surface area is 148 Å². The van der Waals surface area contributed by atoms with Gasteiger partial charge < -0.3 is 9.30 Å². The summed E-state index contributed by atoms with van der Waals surface area (Å²) in [5, 5.41) is 0.998. The first-order valence-electron chi connectivity index (χ1n) is 8.48. The third-order valence-corrected chi connectivity index (χ3v) is 4.36. The third-order valence-electron chi connectivity index (χ3n) is 4.36. The quantitative estimate of drug-likeness (QED) is 0.650. The minimum Gasteiger partial charge on any atom is -0.483 e. The number of para-hydroxylation sites is 1. The summed E-state index contributed by atoms with van der Waals surface area (Å²) < 4.78 is 8.00. The van der Waals surface area contributed by atoms with Gasteiger partial charge in [0.2, 0.25) is 5.78 Å². The molecule has 0 bridgehead atoms. The molecule has 0 amide bonds. The van der Waals surface area contributed by atoms with Crippen molar-refractivity contribution in [3.05, 3.63) is 59.5 Å². The Morgan fingerprint density at radius 1 is 1.16 bits per heavy atom. The van der Waals surface area contributed by atoms with Crippen molar-refractivity contribution in [2.45, 2.75) is 40.2 Å². The molecule has 130 valence electrons. The first kappa shape index (κ1) is 17.2. The second-order valence-electron chi connectivity index (χ2n) is 7.33. The zero-order valence-electron chi connectivity index (χ0n) is 15.5. The zero-order valence-corrected chi connectivity index (χ0v) is 15.5. The number of aryl methyl sites for hydroxylation is 1. The predicted molar refractivity (Wildman–Crippen MR) is 100 cm³/mol. The van der Waals surface area contributed by atoms with Gasteiger partial charge in [0, 0.05) is 34.1 Å². The van der Waals surface area contributed by atoms with Gasteiger partial charge in [0.15, 0.2) is 6.61 Å². The van der Waals surface area contributed by atoms with E-state index < -0.39 is 0 Å². The van der Waals surface area contributed by atoms with E-state index in [9.17, 15) is 4.79 Å². The van der Waals surface area contributed by atoms with E-state index in [1.165, 1.54) is 0 Å². The molecule has 0 atom stereocenters. The number of pyridine rings is 1. The van der Waals surface area contributed by atoms with Gasteiger partial charge in [-0.3, -0.25) is 9.78 Å².